The third-order valence-electron chi connectivity index (χ3n) is 5.23. The van der Waals surface area contributed by atoms with Gasteiger partial charge in [-0.05, 0) is 24.3 Å². The van der Waals surface area contributed by atoms with Crippen molar-refractivity contribution in [3.63, 3.8) is 0 Å². The van der Waals surface area contributed by atoms with Crippen LogP contribution in [0.3, 0.4) is 0 Å². The number of nitrogens with zero attached hydrogens (tertiary/aromatic N) is 1. The van der Waals surface area contributed by atoms with Crippen LogP contribution in [0.25, 0.3) is 0 Å². The number of fused-ring (bicyclic) bond motifs is 1. The van der Waals surface area contributed by atoms with E-state index in [0.29, 0.717) is 10.6 Å². The standard InChI is InChI=1S/C23H21NO8/c1-30-14-8-6-7-13(11-14)18(25)12-17(22(28)31-2)19(23(29)32-3)24-20(26)15-9-4-5-10-16(15)21(24)27/h4-11,17,19H,12H2,1-3H3/t17-,19-/m1/s1. The minimum atomic E-state index is -1.69. The van der Waals surface area contributed by atoms with Gasteiger partial charge in [0, 0.05) is 12.0 Å². The average Bonchev–Trinajstić information content (AvgIpc) is 3.08. The Bertz CT molecular complexity index is 1060. The summed E-state index contributed by atoms with van der Waals surface area (Å²) in [5, 5.41) is 0. The van der Waals surface area contributed by atoms with Gasteiger partial charge in [0.05, 0.1) is 38.4 Å². The Hall–Kier alpha value is -4.01. The first-order valence-corrected chi connectivity index (χ1v) is 9.63. The molecule has 0 bridgehead atoms. The third-order valence-corrected chi connectivity index (χ3v) is 5.23. The lowest BCUT2D eigenvalue weighted by Crippen LogP contribution is -2.52. The Morgan fingerprint density at radius 1 is 0.844 bits per heavy atom. The van der Waals surface area contributed by atoms with Crippen molar-refractivity contribution in [2.45, 2.75) is 12.5 Å². The molecule has 0 saturated carbocycles. The van der Waals surface area contributed by atoms with Crippen LogP contribution in [0.1, 0.15) is 37.5 Å². The summed E-state index contributed by atoms with van der Waals surface area (Å²) in [6.07, 6.45) is -0.507. The smallest absolute Gasteiger partial charge is 0.330 e. The first kappa shape index (κ1) is 22.7. The van der Waals surface area contributed by atoms with Gasteiger partial charge >= 0.3 is 11.9 Å². The summed E-state index contributed by atoms with van der Waals surface area (Å²) >= 11 is 0. The third kappa shape index (κ3) is 4.09. The Morgan fingerprint density at radius 3 is 1.97 bits per heavy atom. The lowest BCUT2D eigenvalue weighted by molar-refractivity contribution is -0.157. The van der Waals surface area contributed by atoms with Crippen molar-refractivity contribution in [3.8, 4) is 5.75 Å². The van der Waals surface area contributed by atoms with Gasteiger partial charge in [-0.2, -0.15) is 0 Å². The first-order chi connectivity index (χ1) is 15.3. The van der Waals surface area contributed by atoms with E-state index in [4.69, 9.17) is 14.2 Å². The van der Waals surface area contributed by atoms with Gasteiger partial charge in [-0.1, -0.05) is 24.3 Å². The average molecular weight is 439 g/mol. The van der Waals surface area contributed by atoms with E-state index >= 15 is 0 Å². The second-order valence-electron chi connectivity index (χ2n) is 6.98. The maximum Gasteiger partial charge on any atom is 0.330 e. The van der Waals surface area contributed by atoms with Crippen molar-refractivity contribution in [1.82, 2.24) is 4.90 Å². The molecule has 2 atom stereocenters. The molecule has 2 aromatic rings. The number of carbonyl (C=O) groups excluding carboxylic acids is 5. The van der Waals surface area contributed by atoms with Gasteiger partial charge in [0.25, 0.3) is 11.8 Å². The number of amides is 2. The molecule has 0 fully saturated rings. The number of ketones is 1. The molecule has 9 heteroatoms. The Balaban J connectivity index is 2.01. The topological polar surface area (TPSA) is 116 Å². The van der Waals surface area contributed by atoms with E-state index < -0.39 is 47.9 Å². The van der Waals surface area contributed by atoms with Crippen LogP contribution in [0.2, 0.25) is 0 Å². The molecule has 0 N–H and O–H groups in total. The monoisotopic (exact) mass is 439 g/mol. The summed E-state index contributed by atoms with van der Waals surface area (Å²) in [5.41, 5.74) is 0.410. The highest BCUT2D eigenvalue weighted by molar-refractivity contribution is 6.23. The molecule has 1 heterocycles. The Kier molecular flexibility index (Phi) is 6.67. The van der Waals surface area contributed by atoms with E-state index in [0.717, 1.165) is 14.2 Å². The second-order valence-corrected chi connectivity index (χ2v) is 6.98. The van der Waals surface area contributed by atoms with E-state index in [2.05, 4.69) is 0 Å². The van der Waals surface area contributed by atoms with Crippen LogP contribution in [-0.4, -0.2) is 61.8 Å². The van der Waals surface area contributed by atoms with Crippen molar-refractivity contribution in [3.05, 3.63) is 65.2 Å². The zero-order valence-electron chi connectivity index (χ0n) is 17.7. The minimum Gasteiger partial charge on any atom is -0.497 e. The molecule has 0 aromatic heterocycles. The van der Waals surface area contributed by atoms with Crippen LogP contribution in [0.4, 0.5) is 0 Å². The van der Waals surface area contributed by atoms with Crippen LogP contribution < -0.4 is 4.74 Å². The van der Waals surface area contributed by atoms with E-state index in [9.17, 15) is 24.0 Å². The Labute approximate surface area is 183 Å². The number of rotatable bonds is 8. The van der Waals surface area contributed by atoms with Crippen molar-refractivity contribution >= 4 is 29.5 Å². The Morgan fingerprint density at radius 2 is 1.44 bits per heavy atom. The summed E-state index contributed by atoms with van der Waals surface area (Å²) in [6, 6.07) is 10.6. The molecule has 2 amide bonds. The van der Waals surface area contributed by atoms with Crippen molar-refractivity contribution in [2.24, 2.45) is 5.92 Å². The van der Waals surface area contributed by atoms with Crippen LogP contribution in [-0.2, 0) is 19.1 Å². The lowest BCUT2D eigenvalue weighted by Gasteiger charge is -2.29. The highest BCUT2D eigenvalue weighted by Gasteiger charge is 2.49. The molecule has 3 rings (SSSR count). The summed E-state index contributed by atoms with van der Waals surface area (Å²) < 4.78 is 14.7. The molecule has 0 aliphatic carbocycles. The molecule has 0 saturated heterocycles. The van der Waals surface area contributed by atoms with E-state index in [1.165, 1.54) is 31.4 Å². The van der Waals surface area contributed by atoms with Gasteiger partial charge in [0.2, 0.25) is 0 Å². The number of hydrogen-bond donors (Lipinski definition) is 0. The van der Waals surface area contributed by atoms with Gasteiger partial charge in [-0.3, -0.25) is 24.1 Å². The number of Topliss-reactive ketones (excluding diaryl/α,β-unsaturated/α-hetero) is 1. The molecule has 32 heavy (non-hydrogen) atoms. The zero-order chi connectivity index (χ0) is 23.4. The second kappa shape index (κ2) is 9.42. The molecule has 9 nitrogen and oxygen atoms in total. The van der Waals surface area contributed by atoms with Crippen LogP contribution in [0.5, 0.6) is 5.75 Å². The predicted molar refractivity (Wildman–Crippen MR) is 110 cm³/mol. The highest BCUT2D eigenvalue weighted by Crippen LogP contribution is 2.30. The number of methoxy groups -OCH3 is 3. The van der Waals surface area contributed by atoms with Gasteiger partial charge in [-0.25, -0.2) is 4.79 Å². The molecule has 2 aromatic carbocycles. The van der Waals surface area contributed by atoms with E-state index in [1.54, 1.807) is 24.3 Å². The molecular formula is C23H21NO8. The quantitative estimate of drug-likeness (QED) is 0.348. The van der Waals surface area contributed by atoms with Gasteiger partial charge in [-0.15, -0.1) is 0 Å². The number of hydrogen-bond acceptors (Lipinski definition) is 8. The van der Waals surface area contributed by atoms with Gasteiger partial charge in [0.15, 0.2) is 11.8 Å². The molecular weight excluding hydrogens is 418 g/mol. The van der Waals surface area contributed by atoms with Gasteiger partial charge < -0.3 is 14.2 Å². The van der Waals surface area contributed by atoms with Gasteiger partial charge in [0.1, 0.15) is 5.75 Å². The van der Waals surface area contributed by atoms with Crippen LogP contribution in [0.15, 0.2) is 48.5 Å². The zero-order valence-corrected chi connectivity index (χ0v) is 17.7. The number of imide groups is 1. The maximum atomic E-state index is 13.0. The van der Waals surface area contributed by atoms with Crippen molar-refractivity contribution in [2.75, 3.05) is 21.3 Å². The fraction of sp³-hybridized carbons (Fsp3) is 0.261. The summed E-state index contributed by atoms with van der Waals surface area (Å²) in [6.45, 7) is 0. The number of esters is 2. The minimum absolute atomic E-state index is 0.0918. The highest BCUT2D eigenvalue weighted by atomic mass is 16.5. The molecule has 0 radical (unpaired) electrons. The van der Waals surface area contributed by atoms with Crippen molar-refractivity contribution < 1.29 is 38.2 Å². The van der Waals surface area contributed by atoms with E-state index in [-0.39, 0.29) is 16.7 Å². The summed E-state index contributed by atoms with van der Waals surface area (Å²) in [4.78, 5) is 64.9. The SMILES string of the molecule is COC(=O)[C@H](CC(=O)c1cccc(OC)c1)[C@H](C(=O)OC)N1C(=O)c2ccccc2C1=O. The molecule has 0 spiro atoms. The fourth-order valence-electron chi connectivity index (χ4n) is 3.62. The number of benzene rings is 2. The normalized spacial score (nSPS) is 14.4. The number of ether oxygens (including phenoxy) is 3. The van der Waals surface area contributed by atoms with Crippen LogP contribution >= 0.6 is 0 Å². The molecule has 1 aliphatic heterocycles. The largest absolute Gasteiger partial charge is 0.497 e. The summed E-state index contributed by atoms with van der Waals surface area (Å²) in [7, 11) is 3.59. The molecule has 0 unspecified atom stereocenters. The number of carbonyl (C=O) groups is 5. The predicted octanol–water partition coefficient (Wildman–Crippen LogP) is 1.90. The fourth-order valence-corrected chi connectivity index (χ4v) is 3.62. The van der Waals surface area contributed by atoms with Crippen LogP contribution in [0, 0.1) is 5.92 Å². The first-order valence-electron chi connectivity index (χ1n) is 9.63. The maximum absolute atomic E-state index is 13.0. The molecule has 1 aliphatic rings. The van der Waals surface area contributed by atoms with E-state index in [1.807, 2.05) is 0 Å². The van der Waals surface area contributed by atoms with Crippen molar-refractivity contribution in [1.29, 1.82) is 0 Å². The lowest BCUT2D eigenvalue weighted by atomic mass is 9.90. The molecule has 166 valence electrons. The summed E-state index contributed by atoms with van der Waals surface area (Å²) in [5.74, 6) is -5.04.